The van der Waals surface area contributed by atoms with E-state index in [9.17, 15) is 9.59 Å². The van der Waals surface area contributed by atoms with Crippen molar-refractivity contribution >= 4 is 11.8 Å². The summed E-state index contributed by atoms with van der Waals surface area (Å²) in [6.45, 7) is 4.97. The van der Waals surface area contributed by atoms with Gasteiger partial charge in [0.2, 0.25) is 11.8 Å². The molecule has 2 aromatic heterocycles. The van der Waals surface area contributed by atoms with Gasteiger partial charge >= 0.3 is 0 Å². The van der Waals surface area contributed by atoms with Crippen LogP contribution >= 0.6 is 0 Å². The molecule has 0 bridgehead atoms. The van der Waals surface area contributed by atoms with Gasteiger partial charge in [-0.2, -0.15) is 5.10 Å². The van der Waals surface area contributed by atoms with Gasteiger partial charge in [-0.15, -0.1) is 0 Å². The highest BCUT2D eigenvalue weighted by atomic mass is 16.3. The maximum absolute atomic E-state index is 12.7. The van der Waals surface area contributed by atoms with Crippen molar-refractivity contribution in [3.05, 3.63) is 41.6 Å². The van der Waals surface area contributed by atoms with Gasteiger partial charge in [-0.3, -0.25) is 14.3 Å². The van der Waals surface area contributed by atoms with Crippen molar-refractivity contribution in [2.45, 2.75) is 32.7 Å². The largest absolute Gasteiger partial charge is 0.469 e. The molecule has 7 nitrogen and oxygen atoms in total. The molecule has 2 amide bonds. The van der Waals surface area contributed by atoms with Crippen LogP contribution in [0.4, 0.5) is 0 Å². The van der Waals surface area contributed by atoms with E-state index in [1.54, 1.807) is 22.0 Å². The molecule has 3 rings (SSSR count). The fourth-order valence-corrected chi connectivity index (χ4v) is 3.48. The number of nitrogens with zero attached hydrogens (tertiary/aromatic N) is 3. The van der Waals surface area contributed by atoms with Crippen LogP contribution in [0, 0.1) is 12.8 Å². The number of furan rings is 1. The fraction of sp³-hybridized carbons (Fsp3) is 0.500. The highest BCUT2D eigenvalue weighted by molar-refractivity contribution is 5.90. The van der Waals surface area contributed by atoms with Gasteiger partial charge in [0.15, 0.2) is 0 Å². The first-order chi connectivity index (χ1) is 12.0. The minimum absolute atomic E-state index is 0.0157. The molecule has 134 valence electrons. The molecule has 1 fully saturated rings. The molecule has 0 aliphatic carbocycles. The van der Waals surface area contributed by atoms with Crippen LogP contribution in [-0.2, 0) is 23.1 Å². The molecule has 0 unspecified atom stereocenters. The van der Waals surface area contributed by atoms with Crippen molar-refractivity contribution in [1.82, 2.24) is 20.0 Å². The predicted molar refractivity (Wildman–Crippen MR) is 91.6 cm³/mol. The molecule has 1 aliphatic rings. The summed E-state index contributed by atoms with van der Waals surface area (Å²) >= 11 is 0. The van der Waals surface area contributed by atoms with Crippen LogP contribution in [0.3, 0.4) is 0 Å². The smallest absolute Gasteiger partial charge is 0.226 e. The van der Waals surface area contributed by atoms with Gasteiger partial charge in [0.05, 0.1) is 24.4 Å². The molecular weight excluding hydrogens is 320 g/mol. The first-order valence-electron chi connectivity index (χ1n) is 8.61. The number of nitrogens with one attached hydrogen (secondary N) is 1. The van der Waals surface area contributed by atoms with Crippen molar-refractivity contribution in [2.75, 3.05) is 13.1 Å². The van der Waals surface area contributed by atoms with E-state index >= 15 is 0 Å². The number of carbonyl (C=O) groups excluding carboxylic acids is 2. The lowest BCUT2D eigenvalue weighted by Gasteiger charge is -2.26. The highest BCUT2D eigenvalue weighted by Gasteiger charge is 2.44. The van der Waals surface area contributed by atoms with Crippen LogP contribution in [0.5, 0.6) is 0 Å². The second kappa shape index (κ2) is 7.13. The average Bonchev–Trinajstić information content (AvgIpc) is 3.29. The quantitative estimate of drug-likeness (QED) is 0.863. The van der Waals surface area contributed by atoms with Crippen LogP contribution in [0.25, 0.3) is 0 Å². The number of amides is 2. The van der Waals surface area contributed by atoms with Crippen molar-refractivity contribution < 1.29 is 14.0 Å². The molecular formula is C18H24N4O3. The molecule has 2 atom stereocenters. The summed E-state index contributed by atoms with van der Waals surface area (Å²) in [6, 6.07) is 3.45. The molecule has 0 aromatic carbocycles. The van der Waals surface area contributed by atoms with E-state index in [0.717, 1.165) is 17.0 Å². The molecule has 1 saturated heterocycles. The molecule has 25 heavy (non-hydrogen) atoms. The maximum atomic E-state index is 12.7. The standard InChI is InChI=1S/C18H24N4O3/c1-4-22-16(23)10-14(17(22)15-11-20-21(3)12(15)2)18(24)19-8-7-13-6-5-9-25-13/h5-6,9,11,14,17H,4,7-8,10H2,1-3H3,(H,19,24)/t14-,17-/m0/s1. The Labute approximate surface area is 147 Å². The summed E-state index contributed by atoms with van der Waals surface area (Å²) in [5.74, 6) is 0.357. The fourth-order valence-electron chi connectivity index (χ4n) is 3.48. The molecule has 7 heteroatoms. The van der Waals surface area contributed by atoms with E-state index in [4.69, 9.17) is 4.42 Å². The average molecular weight is 344 g/mol. The Bertz CT molecular complexity index is 750. The summed E-state index contributed by atoms with van der Waals surface area (Å²) in [5.41, 5.74) is 1.92. The first kappa shape index (κ1) is 17.3. The summed E-state index contributed by atoms with van der Waals surface area (Å²) in [6.07, 6.45) is 4.25. The van der Waals surface area contributed by atoms with Crippen molar-refractivity contribution in [3.8, 4) is 0 Å². The van der Waals surface area contributed by atoms with Gasteiger partial charge in [-0.05, 0) is 26.0 Å². The van der Waals surface area contributed by atoms with Crippen LogP contribution in [0.1, 0.15) is 36.4 Å². The second-order valence-corrected chi connectivity index (χ2v) is 6.36. The van der Waals surface area contributed by atoms with Gasteiger partial charge in [-0.25, -0.2) is 0 Å². The van der Waals surface area contributed by atoms with Crippen molar-refractivity contribution in [2.24, 2.45) is 13.0 Å². The number of aryl methyl sites for hydroxylation is 1. The number of hydrogen-bond acceptors (Lipinski definition) is 4. The molecule has 2 aromatic rings. The van der Waals surface area contributed by atoms with Crippen LogP contribution < -0.4 is 5.32 Å². The zero-order valence-corrected chi connectivity index (χ0v) is 14.9. The third-order valence-electron chi connectivity index (χ3n) is 4.95. The Morgan fingerprint density at radius 3 is 2.88 bits per heavy atom. The number of carbonyl (C=O) groups is 2. The van der Waals surface area contributed by atoms with E-state index in [-0.39, 0.29) is 24.3 Å². The Morgan fingerprint density at radius 2 is 2.28 bits per heavy atom. The van der Waals surface area contributed by atoms with E-state index in [1.165, 1.54) is 0 Å². The van der Waals surface area contributed by atoms with Crippen molar-refractivity contribution in [1.29, 1.82) is 0 Å². The molecule has 1 aliphatic heterocycles. The topological polar surface area (TPSA) is 80.4 Å². The van der Waals surface area contributed by atoms with Gasteiger partial charge < -0.3 is 14.6 Å². The zero-order valence-electron chi connectivity index (χ0n) is 14.9. The van der Waals surface area contributed by atoms with Gasteiger partial charge in [0.1, 0.15) is 5.76 Å². The molecule has 0 spiro atoms. The molecule has 1 N–H and O–H groups in total. The van der Waals surface area contributed by atoms with Crippen LogP contribution in [-0.4, -0.2) is 39.6 Å². The van der Waals surface area contributed by atoms with E-state index < -0.39 is 5.92 Å². The monoisotopic (exact) mass is 344 g/mol. The summed E-state index contributed by atoms with van der Waals surface area (Å²) in [5, 5.41) is 7.23. The SMILES string of the molecule is CCN1C(=O)C[C@H](C(=O)NCCc2ccco2)[C@H]1c1cnn(C)c1C. The van der Waals surface area contributed by atoms with Crippen LogP contribution in [0.15, 0.2) is 29.0 Å². The molecule has 0 radical (unpaired) electrons. The van der Waals surface area contributed by atoms with Gasteiger partial charge in [0.25, 0.3) is 0 Å². The molecule has 3 heterocycles. The van der Waals surface area contributed by atoms with Gasteiger partial charge in [0, 0.05) is 44.2 Å². The lowest BCUT2D eigenvalue weighted by molar-refractivity contribution is -0.129. The summed E-state index contributed by atoms with van der Waals surface area (Å²) in [7, 11) is 1.87. The zero-order chi connectivity index (χ0) is 18.0. The minimum atomic E-state index is -0.396. The Morgan fingerprint density at radius 1 is 1.48 bits per heavy atom. The van der Waals surface area contributed by atoms with E-state index in [0.29, 0.717) is 19.5 Å². The van der Waals surface area contributed by atoms with Crippen LogP contribution in [0.2, 0.25) is 0 Å². The Balaban J connectivity index is 1.74. The van der Waals surface area contributed by atoms with E-state index in [2.05, 4.69) is 10.4 Å². The number of likely N-dealkylation sites (tertiary alicyclic amines) is 1. The Kier molecular flexibility index (Phi) is 4.92. The molecule has 0 saturated carbocycles. The third-order valence-corrected chi connectivity index (χ3v) is 4.95. The van der Waals surface area contributed by atoms with E-state index in [1.807, 2.05) is 33.0 Å². The van der Waals surface area contributed by atoms with Crippen molar-refractivity contribution in [3.63, 3.8) is 0 Å². The summed E-state index contributed by atoms with van der Waals surface area (Å²) < 4.78 is 7.05. The lowest BCUT2D eigenvalue weighted by Crippen LogP contribution is -2.36. The third kappa shape index (κ3) is 3.31. The Hall–Kier alpha value is -2.57. The number of rotatable bonds is 6. The second-order valence-electron chi connectivity index (χ2n) is 6.36. The summed E-state index contributed by atoms with van der Waals surface area (Å²) in [4.78, 5) is 26.9. The normalized spacial score (nSPS) is 20.3. The predicted octanol–water partition coefficient (Wildman–Crippen LogP) is 1.59. The minimum Gasteiger partial charge on any atom is -0.469 e. The maximum Gasteiger partial charge on any atom is 0.226 e. The lowest BCUT2D eigenvalue weighted by atomic mass is 9.93. The highest BCUT2D eigenvalue weighted by Crippen LogP contribution is 2.39. The first-order valence-corrected chi connectivity index (χ1v) is 8.61. The number of hydrogen-bond donors (Lipinski definition) is 1. The van der Waals surface area contributed by atoms with Gasteiger partial charge in [-0.1, -0.05) is 0 Å². The number of aromatic nitrogens is 2.